The first kappa shape index (κ1) is 22.9. The number of morpholine rings is 1. The summed E-state index contributed by atoms with van der Waals surface area (Å²) < 4.78 is 10.8. The highest BCUT2D eigenvalue weighted by Crippen LogP contribution is 2.36. The lowest BCUT2D eigenvalue weighted by Crippen LogP contribution is -2.40. The topological polar surface area (TPSA) is 108 Å². The van der Waals surface area contributed by atoms with Gasteiger partial charge in [0.2, 0.25) is 5.91 Å². The first-order valence-corrected chi connectivity index (χ1v) is 11.6. The molecule has 2 aliphatic rings. The highest BCUT2D eigenvalue weighted by atomic mass is 32.1. The highest BCUT2D eigenvalue weighted by Gasteiger charge is 2.28. The fraction of sp³-hybridized carbons (Fsp3) is 0.391. The number of nitriles is 1. The van der Waals surface area contributed by atoms with Gasteiger partial charge < -0.3 is 19.7 Å². The second-order valence-electron chi connectivity index (χ2n) is 7.67. The van der Waals surface area contributed by atoms with Crippen molar-refractivity contribution in [2.75, 3.05) is 51.3 Å². The number of amides is 2. The quantitative estimate of drug-likeness (QED) is 0.651. The molecule has 2 aromatic heterocycles. The van der Waals surface area contributed by atoms with Crippen LogP contribution in [0.3, 0.4) is 0 Å². The molecule has 1 fully saturated rings. The predicted octanol–water partition coefficient (Wildman–Crippen LogP) is 2.49. The second kappa shape index (κ2) is 11.0. The van der Waals surface area contributed by atoms with Crippen molar-refractivity contribution in [3.05, 3.63) is 52.2 Å². The summed E-state index contributed by atoms with van der Waals surface area (Å²) in [5.41, 5.74) is 2.17. The minimum absolute atomic E-state index is 0.326. The third kappa shape index (κ3) is 5.96. The molecule has 0 aromatic carbocycles. The second-order valence-corrected chi connectivity index (χ2v) is 8.77. The minimum atomic E-state index is -0.356. The molecule has 10 heteroatoms. The zero-order chi connectivity index (χ0) is 23.0. The Kier molecular flexibility index (Phi) is 7.67. The maximum Gasteiger partial charge on any atom is 0.410 e. The number of hydrogen-bond acceptors (Lipinski definition) is 8. The first-order valence-electron chi connectivity index (χ1n) is 10.8. The van der Waals surface area contributed by atoms with Crippen LogP contribution in [-0.4, -0.2) is 72.8 Å². The molecule has 33 heavy (non-hydrogen) atoms. The monoisotopic (exact) mass is 467 g/mol. The molecule has 0 bridgehead atoms. The molecule has 0 aliphatic carbocycles. The van der Waals surface area contributed by atoms with Crippen molar-refractivity contribution in [1.29, 1.82) is 5.26 Å². The molecular formula is C23H25N5O4S. The van der Waals surface area contributed by atoms with E-state index in [1.165, 1.54) is 17.4 Å². The summed E-state index contributed by atoms with van der Waals surface area (Å²) in [7, 11) is 0. The fourth-order valence-corrected chi connectivity index (χ4v) is 4.96. The van der Waals surface area contributed by atoms with Crippen LogP contribution in [0.2, 0.25) is 0 Å². The SMILES string of the molecule is N#Cc1c(NC(=O)C=Cc2cccnc2)sc2c1CCN(C(=O)OCCN1CCOCC1)C2. The van der Waals surface area contributed by atoms with Gasteiger partial charge in [-0.25, -0.2) is 4.79 Å². The Bertz CT molecular complexity index is 1060. The van der Waals surface area contributed by atoms with Crippen LogP contribution < -0.4 is 5.32 Å². The van der Waals surface area contributed by atoms with Crippen LogP contribution >= 0.6 is 11.3 Å². The number of carbonyl (C=O) groups excluding carboxylic acids is 2. The zero-order valence-corrected chi connectivity index (χ0v) is 19.0. The van der Waals surface area contributed by atoms with Crippen molar-refractivity contribution < 1.29 is 19.1 Å². The average Bonchev–Trinajstić information content (AvgIpc) is 3.20. The van der Waals surface area contributed by atoms with Crippen molar-refractivity contribution in [3.8, 4) is 6.07 Å². The maximum absolute atomic E-state index is 12.5. The van der Waals surface area contributed by atoms with Gasteiger partial charge in [-0.15, -0.1) is 11.3 Å². The number of rotatable bonds is 6. The Morgan fingerprint density at radius 3 is 2.94 bits per heavy atom. The Labute approximate surface area is 196 Å². The van der Waals surface area contributed by atoms with E-state index in [2.05, 4.69) is 21.3 Å². The van der Waals surface area contributed by atoms with Gasteiger partial charge in [-0.1, -0.05) is 6.07 Å². The molecule has 4 rings (SSSR count). The molecular weight excluding hydrogens is 442 g/mol. The number of hydrogen-bond donors (Lipinski definition) is 1. The third-order valence-electron chi connectivity index (χ3n) is 5.51. The summed E-state index contributed by atoms with van der Waals surface area (Å²) in [4.78, 5) is 33.7. The molecule has 1 saturated heterocycles. The van der Waals surface area contributed by atoms with Gasteiger partial charge in [-0.3, -0.25) is 14.7 Å². The van der Waals surface area contributed by atoms with Crippen molar-refractivity contribution in [3.63, 3.8) is 0 Å². The van der Waals surface area contributed by atoms with E-state index in [0.717, 1.165) is 29.1 Å². The number of aromatic nitrogens is 1. The summed E-state index contributed by atoms with van der Waals surface area (Å²) in [5.74, 6) is -0.326. The number of nitrogens with zero attached hydrogens (tertiary/aromatic N) is 4. The Hall–Kier alpha value is -3.26. The molecule has 0 radical (unpaired) electrons. The number of fused-ring (bicyclic) bond motifs is 1. The lowest BCUT2D eigenvalue weighted by atomic mass is 10.0. The number of pyridine rings is 1. The van der Waals surface area contributed by atoms with Crippen molar-refractivity contribution in [2.24, 2.45) is 0 Å². The van der Waals surface area contributed by atoms with E-state index in [-0.39, 0.29) is 12.0 Å². The third-order valence-corrected chi connectivity index (χ3v) is 6.64. The lowest BCUT2D eigenvalue weighted by Gasteiger charge is -2.28. The van der Waals surface area contributed by atoms with E-state index in [1.54, 1.807) is 29.4 Å². The molecule has 0 spiro atoms. The van der Waals surface area contributed by atoms with Crippen LogP contribution in [-0.2, 0) is 27.2 Å². The molecule has 9 nitrogen and oxygen atoms in total. The average molecular weight is 468 g/mol. The van der Waals surface area contributed by atoms with Crippen LogP contribution in [0.25, 0.3) is 6.08 Å². The van der Waals surface area contributed by atoms with E-state index >= 15 is 0 Å². The molecule has 2 amide bonds. The Morgan fingerprint density at radius 2 is 2.18 bits per heavy atom. The van der Waals surface area contributed by atoms with Gasteiger partial charge in [-0.2, -0.15) is 5.26 Å². The first-order chi connectivity index (χ1) is 16.1. The standard InChI is InChI=1S/C23H25N5O4S/c24-14-19-18-5-7-28(23(30)32-13-10-27-8-11-31-12-9-27)16-20(18)33-22(19)26-21(29)4-3-17-2-1-6-25-15-17/h1-4,6,15H,5,7-13,16H2,(H,26,29). The van der Waals surface area contributed by atoms with Crippen LogP contribution in [0.1, 0.15) is 21.6 Å². The number of thiophene rings is 1. The summed E-state index contributed by atoms with van der Waals surface area (Å²) in [5, 5.41) is 13.0. The number of carbonyl (C=O) groups is 2. The summed E-state index contributed by atoms with van der Waals surface area (Å²) >= 11 is 1.33. The number of nitrogens with one attached hydrogen (secondary N) is 1. The highest BCUT2D eigenvalue weighted by molar-refractivity contribution is 7.16. The van der Waals surface area contributed by atoms with E-state index in [1.807, 2.05) is 6.07 Å². The van der Waals surface area contributed by atoms with Gasteiger partial charge >= 0.3 is 6.09 Å². The minimum Gasteiger partial charge on any atom is -0.448 e. The molecule has 172 valence electrons. The van der Waals surface area contributed by atoms with Gasteiger partial charge in [0.1, 0.15) is 17.7 Å². The van der Waals surface area contributed by atoms with Gasteiger partial charge in [-0.05, 0) is 29.7 Å². The van der Waals surface area contributed by atoms with Crippen molar-refractivity contribution in [1.82, 2.24) is 14.8 Å². The van der Waals surface area contributed by atoms with E-state index in [9.17, 15) is 14.9 Å². The number of ether oxygens (including phenoxy) is 2. The molecule has 2 aromatic rings. The normalized spacial score (nSPS) is 16.3. The van der Waals surface area contributed by atoms with Crippen LogP contribution in [0, 0.1) is 11.3 Å². The van der Waals surface area contributed by atoms with Crippen molar-refractivity contribution in [2.45, 2.75) is 13.0 Å². The Morgan fingerprint density at radius 1 is 1.33 bits per heavy atom. The maximum atomic E-state index is 12.5. The van der Waals surface area contributed by atoms with E-state index in [0.29, 0.717) is 56.4 Å². The van der Waals surface area contributed by atoms with Gasteiger partial charge in [0.15, 0.2) is 0 Å². The molecule has 0 atom stereocenters. The largest absolute Gasteiger partial charge is 0.448 e. The van der Waals surface area contributed by atoms with Crippen LogP contribution in [0.15, 0.2) is 30.6 Å². The van der Waals surface area contributed by atoms with E-state index in [4.69, 9.17) is 9.47 Å². The molecule has 0 unspecified atom stereocenters. The van der Waals surface area contributed by atoms with Crippen LogP contribution in [0.5, 0.6) is 0 Å². The fourth-order valence-electron chi connectivity index (χ4n) is 3.74. The summed E-state index contributed by atoms with van der Waals surface area (Å²) in [6.45, 7) is 4.98. The summed E-state index contributed by atoms with van der Waals surface area (Å²) in [6.07, 6.45) is 6.59. The van der Waals surface area contributed by atoms with Gasteiger partial charge in [0, 0.05) is 49.5 Å². The molecule has 0 saturated carbocycles. The molecule has 4 heterocycles. The number of anilines is 1. The molecule has 1 N–H and O–H groups in total. The lowest BCUT2D eigenvalue weighted by molar-refractivity contribution is -0.111. The van der Waals surface area contributed by atoms with Gasteiger partial charge in [0.25, 0.3) is 0 Å². The summed E-state index contributed by atoms with van der Waals surface area (Å²) in [6, 6.07) is 5.84. The predicted molar refractivity (Wildman–Crippen MR) is 124 cm³/mol. The molecule has 2 aliphatic heterocycles. The van der Waals surface area contributed by atoms with Gasteiger partial charge in [0.05, 0.1) is 25.3 Å². The zero-order valence-electron chi connectivity index (χ0n) is 18.2. The smallest absolute Gasteiger partial charge is 0.410 e. The van der Waals surface area contributed by atoms with E-state index < -0.39 is 0 Å². The van der Waals surface area contributed by atoms with Crippen LogP contribution in [0.4, 0.5) is 9.80 Å². The Balaban J connectivity index is 1.34. The van der Waals surface area contributed by atoms with Crippen molar-refractivity contribution >= 4 is 34.4 Å².